The molecular formula is C17H19N3O4S. The number of imidazole rings is 1. The van der Waals surface area contributed by atoms with E-state index in [0.29, 0.717) is 17.3 Å². The molecule has 0 radical (unpaired) electrons. The molecule has 0 fully saturated rings. The minimum atomic E-state index is -3.45. The Bertz CT molecular complexity index is 967. The average Bonchev–Trinajstić information content (AvgIpc) is 3.03. The molecular weight excluding hydrogens is 342 g/mol. The number of nitrogens with zero attached hydrogens (tertiary/aromatic N) is 2. The summed E-state index contributed by atoms with van der Waals surface area (Å²) < 4.78 is 36.0. The number of nitrogens with one attached hydrogen (secondary N) is 1. The highest BCUT2D eigenvalue weighted by molar-refractivity contribution is 7.89. The van der Waals surface area contributed by atoms with E-state index in [9.17, 15) is 8.42 Å². The Kier molecular flexibility index (Phi) is 4.40. The van der Waals surface area contributed by atoms with Gasteiger partial charge in [-0.05, 0) is 24.3 Å². The maximum Gasteiger partial charge on any atom is 0.242 e. The lowest BCUT2D eigenvalue weighted by atomic mass is 10.2. The van der Waals surface area contributed by atoms with Crippen LogP contribution in [0.1, 0.15) is 0 Å². The van der Waals surface area contributed by atoms with Gasteiger partial charge in [0.15, 0.2) is 11.5 Å². The summed E-state index contributed by atoms with van der Waals surface area (Å²) in [4.78, 5) is 7.99. The minimum Gasteiger partial charge on any atom is -0.493 e. The van der Waals surface area contributed by atoms with Gasteiger partial charge < -0.3 is 14.5 Å². The fourth-order valence-corrected chi connectivity index (χ4v) is 3.37. The van der Waals surface area contributed by atoms with Gasteiger partial charge in [-0.1, -0.05) is 0 Å². The fourth-order valence-electron chi connectivity index (χ4n) is 2.47. The summed E-state index contributed by atoms with van der Waals surface area (Å²) >= 11 is 0. The molecule has 7 nitrogen and oxygen atoms in total. The Labute approximate surface area is 146 Å². The van der Waals surface area contributed by atoms with Gasteiger partial charge in [0, 0.05) is 31.8 Å². The van der Waals surface area contributed by atoms with Crippen molar-refractivity contribution in [2.45, 2.75) is 4.90 Å². The molecule has 0 saturated carbocycles. The number of sulfonamides is 1. The van der Waals surface area contributed by atoms with Crippen LogP contribution in [0.15, 0.2) is 41.3 Å². The zero-order valence-corrected chi connectivity index (χ0v) is 15.2. The van der Waals surface area contributed by atoms with Crippen LogP contribution in [-0.2, 0) is 10.0 Å². The summed E-state index contributed by atoms with van der Waals surface area (Å²) in [6, 6.07) is 10.2. The van der Waals surface area contributed by atoms with Gasteiger partial charge in [-0.25, -0.2) is 17.7 Å². The van der Waals surface area contributed by atoms with Gasteiger partial charge in [-0.15, -0.1) is 0 Å². The van der Waals surface area contributed by atoms with Crippen LogP contribution >= 0.6 is 0 Å². The molecule has 3 rings (SSSR count). The number of benzene rings is 2. The molecule has 0 bridgehead atoms. The number of hydrogen-bond acceptors (Lipinski definition) is 5. The van der Waals surface area contributed by atoms with Crippen molar-refractivity contribution in [3.63, 3.8) is 0 Å². The Hall–Kier alpha value is -2.58. The molecule has 0 aliphatic heterocycles. The van der Waals surface area contributed by atoms with Crippen LogP contribution in [0.2, 0.25) is 0 Å². The van der Waals surface area contributed by atoms with Gasteiger partial charge >= 0.3 is 0 Å². The van der Waals surface area contributed by atoms with E-state index in [0.717, 1.165) is 16.6 Å². The third kappa shape index (κ3) is 3.06. The highest BCUT2D eigenvalue weighted by Gasteiger charge is 2.17. The highest BCUT2D eigenvalue weighted by atomic mass is 32.2. The molecule has 0 atom stereocenters. The Morgan fingerprint density at radius 3 is 2.16 bits per heavy atom. The van der Waals surface area contributed by atoms with Crippen molar-refractivity contribution in [3.05, 3.63) is 36.4 Å². The van der Waals surface area contributed by atoms with Gasteiger partial charge in [0.1, 0.15) is 5.82 Å². The average molecular weight is 361 g/mol. The number of rotatable bonds is 5. The molecule has 0 spiro atoms. The second kappa shape index (κ2) is 6.38. The molecule has 0 aliphatic rings. The predicted molar refractivity (Wildman–Crippen MR) is 95.5 cm³/mol. The summed E-state index contributed by atoms with van der Waals surface area (Å²) in [6.07, 6.45) is 0. The fraction of sp³-hybridized carbons (Fsp3) is 0.235. The van der Waals surface area contributed by atoms with Crippen LogP contribution in [0.25, 0.3) is 22.4 Å². The van der Waals surface area contributed by atoms with Crippen LogP contribution in [0, 0.1) is 0 Å². The third-order valence-electron chi connectivity index (χ3n) is 3.89. The summed E-state index contributed by atoms with van der Waals surface area (Å²) in [7, 11) is 2.70. The SMILES string of the molecule is COc1cc2nc(-c3ccc(S(=O)(=O)N(C)C)cc3)[nH]c2cc1OC. The first-order chi connectivity index (χ1) is 11.9. The van der Waals surface area contributed by atoms with Crippen LogP contribution in [0.4, 0.5) is 0 Å². The Balaban J connectivity index is 2.02. The van der Waals surface area contributed by atoms with Gasteiger partial charge in [0.2, 0.25) is 10.0 Å². The predicted octanol–water partition coefficient (Wildman–Crippen LogP) is 2.50. The monoisotopic (exact) mass is 361 g/mol. The Morgan fingerprint density at radius 2 is 1.60 bits per heavy atom. The van der Waals surface area contributed by atoms with Crippen molar-refractivity contribution >= 4 is 21.1 Å². The summed E-state index contributed by atoms with van der Waals surface area (Å²) in [5.41, 5.74) is 2.32. The molecule has 2 aromatic carbocycles. The van der Waals surface area contributed by atoms with Gasteiger partial charge in [0.05, 0.1) is 30.1 Å². The van der Waals surface area contributed by atoms with E-state index in [1.54, 1.807) is 44.6 Å². The number of aromatic nitrogens is 2. The molecule has 0 aliphatic carbocycles. The molecule has 132 valence electrons. The van der Waals surface area contributed by atoms with E-state index < -0.39 is 10.0 Å². The van der Waals surface area contributed by atoms with Crippen molar-refractivity contribution in [1.82, 2.24) is 14.3 Å². The van der Waals surface area contributed by atoms with Crippen LogP contribution in [-0.4, -0.2) is 51.0 Å². The normalized spacial score (nSPS) is 11.9. The van der Waals surface area contributed by atoms with Gasteiger partial charge in [0.25, 0.3) is 0 Å². The quantitative estimate of drug-likeness (QED) is 0.755. The van der Waals surface area contributed by atoms with Crippen LogP contribution in [0.5, 0.6) is 11.5 Å². The van der Waals surface area contributed by atoms with Crippen molar-refractivity contribution < 1.29 is 17.9 Å². The third-order valence-corrected chi connectivity index (χ3v) is 5.72. The first-order valence-corrected chi connectivity index (χ1v) is 8.95. The maximum atomic E-state index is 12.1. The molecule has 25 heavy (non-hydrogen) atoms. The van der Waals surface area contributed by atoms with E-state index in [1.165, 1.54) is 18.4 Å². The second-order valence-corrected chi connectivity index (χ2v) is 7.77. The lowest BCUT2D eigenvalue weighted by Crippen LogP contribution is -2.22. The standard InChI is InChI=1S/C17H19N3O4S/c1-20(2)25(21,22)12-7-5-11(6-8-12)17-18-13-9-15(23-3)16(24-4)10-14(13)19-17/h5-10H,1-4H3,(H,18,19). The van der Waals surface area contributed by atoms with Crippen molar-refractivity contribution in [3.8, 4) is 22.9 Å². The van der Waals surface area contributed by atoms with E-state index >= 15 is 0 Å². The van der Waals surface area contributed by atoms with E-state index in [2.05, 4.69) is 9.97 Å². The van der Waals surface area contributed by atoms with Gasteiger partial charge in [-0.3, -0.25) is 0 Å². The van der Waals surface area contributed by atoms with Crippen molar-refractivity contribution in [2.24, 2.45) is 0 Å². The topological polar surface area (TPSA) is 84.5 Å². The summed E-state index contributed by atoms with van der Waals surface area (Å²) in [6.45, 7) is 0. The number of H-pyrrole nitrogens is 1. The molecule has 3 aromatic rings. The molecule has 8 heteroatoms. The van der Waals surface area contributed by atoms with Crippen LogP contribution < -0.4 is 9.47 Å². The molecule has 1 N–H and O–H groups in total. The van der Waals surface area contributed by atoms with Crippen LogP contribution in [0.3, 0.4) is 0 Å². The molecule has 0 amide bonds. The summed E-state index contributed by atoms with van der Waals surface area (Å²) in [5.74, 6) is 1.84. The largest absolute Gasteiger partial charge is 0.493 e. The lowest BCUT2D eigenvalue weighted by molar-refractivity contribution is 0.356. The van der Waals surface area contributed by atoms with E-state index in [-0.39, 0.29) is 4.90 Å². The Morgan fingerprint density at radius 1 is 1.00 bits per heavy atom. The van der Waals surface area contributed by atoms with Crippen molar-refractivity contribution in [1.29, 1.82) is 0 Å². The zero-order valence-electron chi connectivity index (χ0n) is 14.4. The number of hydrogen-bond donors (Lipinski definition) is 1. The van der Waals surface area contributed by atoms with E-state index in [4.69, 9.17) is 9.47 Å². The smallest absolute Gasteiger partial charge is 0.242 e. The lowest BCUT2D eigenvalue weighted by Gasteiger charge is -2.11. The molecule has 0 unspecified atom stereocenters. The summed E-state index contributed by atoms with van der Waals surface area (Å²) in [5, 5.41) is 0. The minimum absolute atomic E-state index is 0.237. The number of aromatic amines is 1. The maximum absolute atomic E-state index is 12.1. The molecule has 0 saturated heterocycles. The highest BCUT2D eigenvalue weighted by Crippen LogP contribution is 2.32. The molecule has 1 heterocycles. The number of fused-ring (bicyclic) bond motifs is 1. The first kappa shape index (κ1) is 17.2. The number of ether oxygens (including phenoxy) is 2. The van der Waals surface area contributed by atoms with Gasteiger partial charge in [-0.2, -0.15) is 0 Å². The van der Waals surface area contributed by atoms with Crippen molar-refractivity contribution in [2.75, 3.05) is 28.3 Å². The first-order valence-electron chi connectivity index (χ1n) is 7.51. The second-order valence-electron chi connectivity index (χ2n) is 5.62. The van der Waals surface area contributed by atoms with E-state index in [1.807, 2.05) is 6.07 Å². The zero-order chi connectivity index (χ0) is 18.2. The molecule has 1 aromatic heterocycles. The number of methoxy groups -OCH3 is 2.